The fraction of sp³-hybridized carbons (Fsp3) is 0.750. The van der Waals surface area contributed by atoms with Crippen molar-refractivity contribution < 1.29 is 19.1 Å². The van der Waals surface area contributed by atoms with Gasteiger partial charge in [-0.25, -0.2) is 4.79 Å². The molecule has 2 aliphatic heterocycles. The number of hydrogen-bond donors (Lipinski definition) is 2. The van der Waals surface area contributed by atoms with Crippen molar-refractivity contribution in [1.82, 2.24) is 15.5 Å². The van der Waals surface area contributed by atoms with Gasteiger partial charge in [0.1, 0.15) is 6.04 Å². The number of likely N-dealkylation sites (N-methyl/N-ethyl adjacent to an activating group) is 1. The molecule has 0 aromatic heterocycles. The summed E-state index contributed by atoms with van der Waals surface area (Å²) in [6.07, 6.45) is 2.72. The second-order valence-corrected chi connectivity index (χ2v) is 4.96. The van der Waals surface area contributed by atoms with Crippen LogP contribution >= 0.6 is 0 Å². The van der Waals surface area contributed by atoms with Crippen LogP contribution in [0.1, 0.15) is 25.7 Å². The predicted molar refractivity (Wildman–Crippen MR) is 66.3 cm³/mol. The van der Waals surface area contributed by atoms with Crippen molar-refractivity contribution in [3.05, 3.63) is 0 Å². The maximum absolute atomic E-state index is 11.9. The Kier molecular flexibility index (Phi) is 4.36. The molecule has 0 spiro atoms. The molecule has 0 aliphatic carbocycles. The second-order valence-electron chi connectivity index (χ2n) is 4.96. The Labute approximate surface area is 111 Å². The average molecular weight is 269 g/mol. The lowest BCUT2D eigenvalue weighted by molar-refractivity contribution is -0.131. The summed E-state index contributed by atoms with van der Waals surface area (Å²) in [4.78, 5) is 35.8. The molecule has 7 nitrogen and oxygen atoms in total. The molecule has 2 atom stereocenters. The molecule has 0 radical (unpaired) electrons. The van der Waals surface area contributed by atoms with Gasteiger partial charge in [-0.05, 0) is 19.3 Å². The lowest BCUT2D eigenvalue weighted by atomic mass is 10.1. The van der Waals surface area contributed by atoms with Gasteiger partial charge < -0.3 is 15.0 Å². The lowest BCUT2D eigenvalue weighted by Crippen LogP contribution is -2.36. The van der Waals surface area contributed by atoms with E-state index < -0.39 is 12.1 Å². The van der Waals surface area contributed by atoms with Crippen LogP contribution in [0, 0.1) is 0 Å². The Bertz CT molecular complexity index is 379. The molecule has 2 rings (SSSR count). The van der Waals surface area contributed by atoms with Crippen LogP contribution in [0.15, 0.2) is 0 Å². The van der Waals surface area contributed by atoms with Crippen LogP contribution in [0.25, 0.3) is 0 Å². The molecule has 0 bridgehead atoms. The van der Waals surface area contributed by atoms with Crippen molar-refractivity contribution in [2.45, 2.75) is 37.8 Å². The summed E-state index contributed by atoms with van der Waals surface area (Å²) in [6, 6.07) is -1.08. The Morgan fingerprint density at radius 2 is 2.26 bits per heavy atom. The molecule has 2 N–H and O–H groups in total. The fourth-order valence-corrected chi connectivity index (χ4v) is 2.32. The topological polar surface area (TPSA) is 87.7 Å². The summed E-state index contributed by atoms with van der Waals surface area (Å²) < 4.78 is 5.47. The Morgan fingerprint density at radius 3 is 2.84 bits per heavy atom. The molecular formula is C12H19N3O4. The molecule has 0 aromatic carbocycles. The maximum atomic E-state index is 11.9. The van der Waals surface area contributed by atoms with E-state index in [0.717, 1.165) is 19.4 Å². The zero-order valence-electron chi connectivity index (χ0n) is 11.0. The molecule has 0 unspecified atom stereocenters. The van der Waals surface area contributed by atoms with Crippen molar-refractivity contribution in [2.24, 2.45) is 0 Å². The molecule has 2 aliphatic rings. The van der Waals surface area contributed by atoms with Gasteiger partial charge in [-0.1, -0.05) is 0 Å². The molecule has 2 saturated heterocycles. The SMILES string of the molecule is CN(C[C@H]1CCCO1)C(=O)CC[C@@H]1NC(=O)NC1=O. The number of carbonyl (C=O) groups is 3. The van der Waals surface area contributed by atoms with E-state index >= 15 is 0 Å². The first-order valence-corrected chi connectivity index (χ1v) is 6.53. The average Bonchev–Trinajstić information content (AvgIpc) is 2.96. The van der Waals surface area contributed by atoms with Crippen molar-refractivity contribution in [3.8, 4) is 0 Å². The van der Waals surface area contributed by atoms with E-state index in [9.17, 15) is 14.4 Å². The number of ether oxygens (including phenoxy) is 1. The number of nitrogens with one attached hydrogen (secondary N) is 2. The summed E-state index contributed by atoms with van der Waals surface area (Å²) in [6.45, 7) is 1.35. The maximum Gasteiger partial charge on any atom is 0.322 e. The standard InChI is InChI=1S/C12H19N3O4/c1-15(7-8-3-2-6-19-8)10(16)5-4-9-11(17)14-12(18)13-9/h8-9H,2-7H2,1H3,(H2,13,14,17,18)/t8-,9+/m1/s1. The molecule has 2 heterocycles. The summed E-state index contributed by atoms with van der Waals surface area (Å²) in [7, 11) is 1.73. The number of hydrogen-bond acceptors (Lipinski definition) is 4. The molecule has 4 amide bonds. The molecule has 0 saturated carbocycles. The van der Waals surface area contributed by atoms with Gasteiger partial charge in [0.15, 0.2) is 0 Å². The highest BCUT2D eigenvalue weighted by Gasteiger charge is 2.30. The van der Waals surface area contributed by atoms with Gasteiger partial charge in [-0.3, -0.25) is 14.9 Å². The minimum Gasteiger partial charge on any atom is -0.376 e. The second kappa shape index (κ2) is 6.01. The van der Waals surface area contributed by atoms with Gasteiger partial charge in [-0.2, -0.15) is 0 Å². The van der Waals surface area contributed by atoms with E-state index in [1.807, 2.05) is 0 Å². The highest BCUT2D eigenvalue weighted by atomic mass is 16.5. The number of urea groups is 1. The third kappa shape index (κ3) is 3.66. The van der Waals surface area contributed by atoms with Gasteiger partial charge in [0.25, 0.3) is 5.91 Å². The summed E-state index contributed by atoms with van der Waals surface area (Å²) in [5.74, 6) is -0.399. The van der Waals surface area contributed by atoms with Gasteiger partial charge in [0.05, 0.1) is 6.10 Å². The number of amides is 4. The molecular weight excluding hydrogens is 250 g/mol. The van der Waals surface area contributed by atoms with Crippen LogP contribution in [0.5, 0.6) is 0 Å². The zero-order valence-corrected chi connectivity index (χ0v) is 11.0. The van der Waals surface area contributed by atoms with Gasteiger partial charge >= 0.3 is 6.03 Å². The summed E-state index contributed by atoms with van der Waals surface area (Å²) in [5, 5.41) is 4.62. The molecule has 7 heteroatoms. The Balaban J connectivity index is 1.71. The molecule has 19 heavy (non-hydrogen) atoms. The first-order valence-electron chi connectivity index (χ1n) is 6.53. The van der Waals surface area contributed by atoms with Crippen molar-refractivity contribution in [1.29, 1.82) is 0 Å². The largest absolute Gasteiger partial charge is 0.376 e. The number of imide groups is 1. The van der Waals surface area contributed by atoms with Gasteiger partial charge in [0.2, 0.25) is 5.91 Å². The zero-order chi connectivity index (χ0) is 13.8. The monoisotopic (exact) mass is 269 g/mol. The van der Waals surface area contributed by atoms with Crippen molar-refractivity contribution in [2.75, 3.05) is 20.2 Å². The lowest BCUT2D eigenvalue weighted by Gasteiger charge is -2.21. The fourth-order valence-electron chi connectivity index (χ4n) is 2.32. The quantitative estimate of drug-likeness (QED) is 0.665. The van der Waals surface area contributed by atoms with E-state index in [1.165, 1.54) is 0 Å². The normalized spacial score (nSPS) is 26.2. The third-order valence-corrected chi connectivity index (χ3v) is 3.43. The number of rotatable bonds is 5. The minimum absolute atomic E-state index is 0.0375. The Morgan fingerprint density at radius 1 is 1.47 bits per heavy atom. The van der Waals surface area contributed by atoms with E-state index in [-0.39, 0.29) is 24.3 Å². The van der Waals surface area contributed by atoms with Crippen LogP contribution in [-0.2, 0) is 14.3 Å². The van der Waals surface area contributed by atoms with Crippen molar-refractivity contribution in [3.63, 3.8) is 0 Å². The first-order chi connectivity index (χ1) is 9.06. The van der Waals surface area contributed by atoms with Crippen LogP contribution in [0.4, 0.5) is 4.79 Å². The molecule has 106 valence electrons. The van der Waals surface area contributed by atoms with Crippen molar-refractivity contribution >= 4 is 17.8 Å². The smallest absolute Gasteiger partial charge is 0.322 e. The van der Waals surface area contributed by atoms with Crippen LogP contribution in [-0.4, -0.2) is 55.1 Å². The van der Waals surface area contributed by atoms with Crippen LogP contribution in [0.2, 0.25) is 0 Å². The minimum atomic E-state index is -0.590. The third-order valence-electron chi connectivity index (χ3n) is 3.43. The highest BCUT2D eigenvalue weighted by Crippen LogP contribution is 2.13. The van der Waals surface area contributed by atoms with Crippen LogP contribution < -0.4 is 10.6 Å². The van der Waals surface area contributed by atoms with E-state index in [4.69, 9.17) is 4.74 Å². The highest BCUT2D eigenvalue weighted by molar-refractivity contribution is 6.04. The molecule has 2 fully saturated rings. The summed E-state index contributed by atoms with van der Waals surface area (Å²) in [5.41, 5.74) is 0. The Hall–Kier alpha value is -1.63. The predicted octanol–water partition coefficient (Wildman–Crippen LogP) is -0.388. The molecule has 0 aromatic rings. The number of nitrogens with zero attached hydrogens (tertiary/aromatic N) is 1. The van der Waals surface area contributed by atoms with E-state index in [0.29, 0.717) is 13.0 Å². The van der Waals surface area contributed by atoms with E-state index in [1.54, 1.807) is 11.9 Å². The first kappa shape index (κ1) is 13.8. The number of carbonyl (C=O) groups excluding carboxylic acids is 3. The van der Waals surface area contributed by atoms with Crippen LogP contribution in [0.3, 0.4) is 0 Å². The van der Waals surface area contributed by atoms with Gasteiger partial charge in [0, 0.05) is 26.6 Å². The van der Waals surface area contributed by atoms with E-state index in [2.05, 4.69) is 10.6 Å². The summed E-state index contributed by atoms with van der Waals surface area (Å²) >= 11 is 0. The van der Waals surface area contributed by atoms with Gasteiger partial charge in [-0.15, -0.1) is 0 Å².